The number of benzene rings is 2. The van der Waals surface area contributed by atoms with E-state index < -0.39 is 36.9 Å². The van der Waals surface area contributed by atoms with Crippen molar-refractivity contribution >= 4 is 37.3 Å². The number of hydrogen-bond donors (Lipinski definition) is 1. The lowest BCUT2D eigenvalue weighted by Gasteiger charge is -2.31. The first kappa shape index (κ1) is 29.3. The van der Waals surface area contributed by atoms with Crippen LogP contribution in [0.2, 0.25) is 0 Å². The molecule has 3 rings (SSSR count). The van der Waals surface area contributed by atoms with E-state index in [1.54, 1.807) is 13.8 Å². The number of hydrogen-bond acceptors (Lipinski definition) is 8. The van der Waals surface area contributed by atoms with Crippen LogP contribution in [0.4, 0.5) is 11.4 Å². The van der Waals surface area contributed by atoms with Crippen LogP contribution in [0, 0.1) is 17.0 Å². The molecule has 1 amide bonds. The second-order valence-electron chi connectivity index (χ2n) is 8.93. The van der Waals surface area contributed by atoms with Crippen molar-refractivity contribution in [2.45, 2.75) is 44.0 Å². The standard InChI is InChI=1S/C24H32N4O8S2/c1-4-22(27(37(3,32)33)23-17-19(28(30)31)8-7-18(23)2)24(29)25-13-16-36-20-9-11-21(12-10-20)38(34,35)26-14-5-6-15-26/h7-12,17,22H,4-6,13-16H2,1-3H3,(H,25,29)/t22-/m1/s1. The minimum absolute atomic E-state index is 0.0503. The van der Waals surface area contributed by atoms with Crippen LogP contribution in [-0.2, 0) is 24.8 Å². The quantitative estimate of drug-likeness (QED) is 0.232. The molecule has 38 heavy (non-hydrogen) atoms. The number of anilines is 1. The summed E-state index contributed by atoms with van der Waals surface area (Å²) >= 11 is 0. The van der Waals surface area contributed by atoms with Crippen molar-refractivity contribution in [3.8, 4) is 5.75 Å². The molecule has 0 aromatic heterocycles. The molecule has 1 atom stereocenters. The van der Waals surface area contributed by atoms with Gasteiger partial charge in [0.15, 0.2) is 0 Å². The average Bonchev–Trinajstić information content (AvgIpc) is 3.41. The predicted molar refractivity (Wildman–Crippen MR) is 142 cm³/mol. The van der Waals surface area contributed by atoms with Crippen LogP contribution in [-0.4, -0.2) is 70.5 Å². The van der Waals surface area contributed by atoms with Gasteiger partial charge in [0.1, 0.15) is 18.4 Å². The number of rotatable bonds is 12. The van der Waals surface area contributed by atoms with E-state index in [-0.39, 0.29) is 35.8 Å². The largest absolute Gasteiger partial charge is 0.492 e. The summed E-state index contributed by atoms with van der Waals surface area (Å²) in [5, 5.41) is 13.9. The second-order valence-corrected chi connectivity index (χ2v) is 12.7. The first-order valence-corrected chi connectivity index (χ1v) is 15.4. The van der Waals surface area contributed by atoms with Gasteiger partial charge in [-0.05, 0) is 56.0 Å². The highest BCUT2D eigenvalue weighted by atomic mass is 32.2. The van der Waals surface area contributed by atoms with Crippen molar-refractivity contribution in [3.63, 3.8) is 0 Å². The average molecular weight is 569 g/mol. The molecule has 208 valence electrons. The lowest BCUT2D eigenvalue weighted by Crippen LogP contribution is -2.50. The highest BCUT2D eigenvalue weighted by Gasteiger charge is 2.33. The fourth-order valence-electron chi connectivity index (χ4n) is 4.23. The molecule has 1 N–H and O–H groups in total. The van der Waals surface area contributed by atoms with Gasteiger partial charge in [0.25, 0.3) is 5.69 Å². The molecule has 1 heterocycles. The summed E-state index contributed by atoms with van der Waals surface area (Å²) in [7, 11) is -7.50. The van der Waals surface area contributed by atoms with E-state index in [0.29, 0.717) is 24.4 Å². The summed E-state index contributed by atoms with van der Waals surface area (Å²) in [4.78, 5) is 23.8. The molecule has 0 aliphatic carbocycles. The normalized spacial score (nSPS) is 15.1. The first-order valence-electron chi connectivity index (χ1n) is 12.1. The first-order chi connectivity index (χ1) is 17.9. The molecule has 1 aliphatic rings. The molecule has 12 nitrogen and oxygen atoms in total. The van der Waals surface area contributed by atoms with E-state index in [9.17, 15) is 31.7 Å². The van der Waals surface area contributed by atoms with E-state index in [2.05, 4.69) is 5.32 Å². The topological polar surface area (TPSA) is 156 Å². The zero-order chi connectivity index (χ0) is 28.1. The van der Waals surface area contributed by atoms with E-state index in [1.165, 1.54) is 40.7 Å². The number of nitrogens with one attached hydrogen (secondary N) is 1. The molecule has 1 saturated heterocycles. The number of nitrogens with zero attached hydrogens (tertiary/aromatic N) is 3. The van der Waals surface area contributed by atoms with Crippen molar-refractivity contribution in [3.05, 3.63) is 58.1 Å². The van der Waals surface area contributed by atoms with E-state index in [1.807, 2.05) is 0 Å². The van der Waals surface area contributed by atoms with Crippen molar-refractivity contribution in [1.82, 2.24) is 9.62 Å². The molecular weight excluding hydrogens is 536 g/mol. The zero-order valence-corrected chi connectivity index (χ0v) is 23.1. The molecule has 0 radical (unpaired) electrons. The third-order valence-corrected chi connectivity index (χ3v) is 9.25. The summed E-state index contributed by atoms with van der Waals surface area (Å²) in [6, 6.07) is 8.73. The molecule has 0 bridgehead atoms. The second kappa shape index (κ2) is 12.1. The minimum atomic E-state index is -3.97. The number of nitro groups is 1. The number of carbonyl (C=O) groups excluding carboxylic acids is 1. The van der Waals surface area contributed by atoms with E-state index >= 15 is 0 Å². The molecule has 1 fully saturated rings. The summed E-state index contributed by atoms with van der Waals surface area (Å²) in [6.07, 6.45) is 2.75. The van der Waals surface area contributed by atoms with Crippen molar-refractivity contribution < 1.29 is 31.3 Å². The smallest absolute Gasteiger partial charge is 0.271 e. The van der Waals surface area contributed by atoms with Crippen LogP contribution in [0.5, 0.6) is 5.75 Å². The zero-order valence-electron chi connectivity index (χ0n) is 21.5. The molecule has 2 aromatic carbocycles. The Hall–Kier alpha value is -3.23. The van der Waals surface area contributed by atoms with E-state index in [0.717, 1.165) is 29.5 Å². The summed E-state index contributed by atoms with van der Waals surface area (Å²) < 4.78 is 58.6. The number of sulfonamides is 2. The number of nitro benzene ring substituents is 1. The Morgan fingerprint density at radius 3 is 2.32 bits per heavy atom. The summed E-state index contributed by atoms with van der Waals surface area (Å²) in [6.45, 7) is 4.37. The van der Waals surface area contributed by atoms with Gasteiger partial charge in [-0.3, -0.25) is 19.2 Å². The molecule has 0 unspecified atom stereocenters. The fraction of sp³-hybridized carbons (Fsp3) is 0.458. The van der Waals surface area contributed by atoms with Crippen LogP contribution < -0.4 is 14.4 Å². The molecular formula is C24H32N4O8S2. The molecule has 1 aliphatic heterocycles. The van der Waals surface area contributed by atoms with Gasteiger partial charge in [0.2, 0.25) is 26.0 Å². The number of non-ortho nitro benzene ring substituents is 1. The lowest BCUT2D eigenvalue weighted by molar-refractivity contribution is -0.384. The molecule has 14 heteroatoms. The molecule has 0 spiro atoms. The minimum Gasteiger partial charge on any atom is -0.492 e. The maximum Gasteiger partial charge on any atom is 0.271 e. The van der Waals surface area contributed by atoms with Gasteiger partial charge in [0.05, 0.1) is 28.3 Å². The molecule has 0 saturated carbocycles. The third-order valence-electron chi connectivity index (χ3n) is 6.17. The monoisotopic (exact) mass is 568 g/mol. The van der Waals surface area contributed by atoms with Gasteiger partial charge in [-0.2, -0.15) is 4.31 Å². The maximum atomic E-state index is 13.0. The Balaban J connectivity index is 1.64. The van der Waals surface area contributed by atoms with Crippen LogP contribution in [0.1, 0.15) is 31.7 Å². The number of carbonyl (C=O) groups is 1. The third kappa shape index (κ3) is 6.79. The van der Waals surface area contributed by atoms with Gasteiger partial charge >= 0.3 is 0 Å². The summed E-state index contributed by atoms with van der Waals surface area (Å²) in [5.74, 6) is -0.170. The number of ether oxygens (including phenoxy) is 1. The lowest BCUT2D eigenvalue weighted by atomic mass is 10.1. The fourth-order valence-corrected chi connectivity index (χ4v) is 7.01. The van der Waals surface area contributed by atoms with Crippen LogP contribution in [0.25, 0.3) is 0 Å². The number of amides is 1. The Bertz CT molecular complexity index is 1370. The van der Waals surface area contributed by atoms with Crippen molar-refractivity contribution in [2.24, 2.45) is 0 Å². The Labute approximate surface area is 222 Å². The highest BCUT2D eigenvalue weighted by molar-refractivity contribution is 7.92. The predicted octanol–water partition coefficient (Wildman–Crippen LogP) is 2.43. The van der Waals surface area contributed by atoms with E-state index in [4.69, 9.17) is 4.74 Å². The van der Waals surface area contributed by atoms with Crippen LogP contribution in [0.15, 0.2) is 47.4 Å². The van der Waals surface area contributed by atoms with Gasteiger partial charge in [-0.15, -0.1) is 0 Å². The maximum absolute atomic E-state index is 13.0. The highest BCUT2D eigenvalue weighted by Crippen LogP contribution is 2.30. The Morgan fingerprint density at radius 1 is 1.13 bits per heavy atom. The van der Waals surface area contributed by atoms with Gasteiger partial charge in [-0.1, -0.05) is 13.0 Å². The van der Waals surface area contributed by atoms with Crippen molar-refractivity contribution in [2.75, 3.05) is 36.8 Å². The van der Waals surface area contributed by atoms with Gasteiger partial charge in [-0.25, -0.2) is 16.8 Å². The van der Waals surface area contributed by atoms with Gasteiger partial charge < -0.3 is 10.1 Å². The Kier molecular flexibility index (Phi) is 9.33. The Morgan fingerprint density at radius 2 is 1.76 bits per heavy atom. The van der Waals surface area contributed by atoms with Crippen LogP contribution >= 0.6 is 0 Å². The SMILES string of the molecule is CC[C@H](C(=O)NCCOc1ccc(S(=O)(=O)N2CCCC2)cc1)N(c1cc([N+](=O)[O-])ccc1C)S(C)(=O)=O. The van der Waals surface area contributed by atoms with Gasteiger partial charge in [0, 0.05) is 25.2 Å². The molecule has 2 aromatic rings. The number of aryl methyl sites for hydroxylation is 1. The summed E-state index contributed by atoms with van der Waals surface area (Å²) in [5.41, 5.74) is 0.233. The van der Waals surface area contributed by atoms with Crippen LogP contribution in [0.3, 0.4) is 0 Å². The van der Waals surface area contributed by atoms with Crippen molar-refractivity contribution in [1.29, 1.82) is 0 Å².